The van der Waals surface area contributed by atoms with Crippen molar-refractivity contribution in [1.29, 1.82) is 0 Å². The molecule has 0 radical (unpaired) electrons. The molecule has 2 amide bonds. The molecule has 0 spiro atoms. The monoisotopic (exact) mass is 442 g/mol. The summed E-state index contributed by atoms with van der Waals surface area (Å²) in [6, 6.07) is 1.01. The number of hydrogen-bond acceptors (Lipinski definition) is 4. The Morgan fingerprint density at radius 1 is 1.30 bits per heavy atom. The van der Waals surface area contributed by atoms with E-state index in [9.17, 15) is 27.6 Å². The first-order valence-corrected chi connectivity index (χ1v) is 9.45. The van der Waals surface area contributed by atoms with Crippen LogP contribution >= 0.6 is 11.6 Å². The second-order valence-corrected chi connectivity index (χ2v) is 7.32. The molecule has 1 aliphatic rings. The standard InChI is InChI=1S/C19H18ClF3N4O3/c1-9-8-11(5-6-24-9)26-17(29)13-12-4-3-7-27(12)15(14(13)20)16(28)18(30)25-10(2)19(21,22)23/h5-6,8,10H,3-4,7H2,1-2H3,(H,25,30)(H,24,26,29)/t10-/m1/s1. The quantitative estimate of drug-likeness (QED) is 0.549. The Hall–Kier alpha value is -2.88. The van der Waals surface area contributed by atoms with E-state index in [0.29, 0.717) is 36.5 Å². The zero-order valence-electron chi connectivity index (χ0n) is 16.1. The number of aromatic nitrogens is 2. The Morgan fingerprint density at radius 2 is 2.00 bits per heavy atom. The Labute approximate surface area is 174 Å². The lowest BCUT2D eigenvalue weighted by atomic mass is 10.1. The van der Waals surface area contributed by atoms with Gasteiger partial charge in [0.05, 0.1) is 10.6 Å². The first-order chi connectivity index (χ1) is 14.0. The van der Waals surface area contributed by atoms with Crippen molar-refractivity contribution in [3.05, 3.63) is 46.0 Å². The molecule has 0 aromatic carbocycles. The molecule has 0 bridgehead atoms. The maximum Gasteiger partial charge on any atom is 0.408 e. The van der Waals surface area contributed by atoms with E-state index in [1.807, 2.05) is 0 Å². The zero-order chi connectivity index (χ0) is 22.2. The molecule has 0 unspecified atom stereocenters. The van der Waals surface area contributed by atoms with E-state index in [1.54, 1.807) is 24.4 Å². The van der Waals surface area contributed by atoms with E-state index in [0.717, 1.165) is 6.92 Å². The van der Waals surface area contributed by atoms with Crippen molar-refractivity contribution >= 4 is 34.9 Å². The lowest BCUT2D eigenvalue weighted by Crippen LogP contribution is -2.46. The van der Waals surface area contributed by atoms with Gasteiger partial charge in [0, 0.05) is 29.8 Å². The van der Waals surface area contributed by atoms with Crippen LogP contribution in [0.2, 0.25) is 5.02 Å². The fourth-order valence-corrected chi connectivity index (χ4v) is 3.65. The molecule has 1 atom stereocenters. The van der Waals surface area contributed by atoms with Gasteiger partial charge in [-0.1, -0.05) is 11.6 Å². The zero-order valence-corrected chi connectivity index (χ0v) is 16.8. The Bertz CT molecular complexity index is 1030. The fourth-order valence-electron chi connectivity index (χ4n) is 3.27. The van der Waals surface area contributed by atoms with Crippen LogP contribution in [0.4, 0.5) is 18.9 Å². The van der Waals surface area contributed by atoms with Gasteiger partial charge in [-0.25, -0.2) is 0 Å². The highest BCUT2D eigenvalue weighted by molar-refractivity contribution is 6.48. The van der Waals surface area contributed by atoms with Crippen LogP contribution in [0.5, 0.6) is 0 Å². The van der Waals surface area contributed by atoms with Gasteiger partial charge in [0.2, 0.25) is 0 Å². The number of Topliss-reactive ketones (excluding diaryl/α,β-unsaturated/α-hetero) is 1. The number of carbonyl (C=O) groups excluding carboxylic acids is 3. The third-order valence-corrected chi connectivity index (χ3v) is 5.12. The number of nitrogens with zero attached hydrogens (tertiary/aromatic N) is 2. The SMILES string of the molecule is Cc1cc(NC(=O)c2c(Cl)c(C(=O)C(=O)N[C@H](C)C(F)(F)F)n3c2CCC3)ccn1. The summed E-state index contributed by atoms with van der Waals surface area (Å²) in [6.45, 7) is 2.79. The van der Waals surface area contributed by atoms with Gasteiger partial charge in [-0.15, -0.1) is 0 Å². The normalized spacial score (nSPS) is 14.2. The highest BCUT2D eigenvalue weighted by atomic mass is 35.5. The molecular weight excluding hydrogens is 425 g/mol. The molecule has 0 saturated heterocycles. The van der Waals surface area contributed by atoms with Gasteiger partial charge in [0.25, 0.3) is 17.6 Å². The number of alkyl halides is 3. The number of amides is 2. The van der Waals surface area contributed by atoms with Gasteiger partial charge in [-0.3, -0.25) is 19.4 Å². The summed E-state index contributed by atoms with van der Waals surface area (Å²) in [4.78, 5) is 41.6. The highest BCUT2D eigenvalue weighted by Gasteiger charge is 2.40. The predicted molar refractivity (Wildman–Crippen MR) is 103 cm³/mol. The molecule has 1 aliphatic heterocycles. The van der Waals surface area contributed by atoms with Crippen molar-refractivity contribution in [2.24, 2.45) is 0 Å². The molecule has 160 valence electrons. The largest absolute Gasteiger partial charge is 0.408 e. The molecule has 3 heterocycles. The van der Waals surface area contributed by atoms with Gasteiger partial charge in [0.1, 0.15) is 11.7 Å². The molecule has 0 aliphatic carbocycles. The van der Waals surface area contributed by atoms with Gasteiger partial charge in [-0.2, -0.15) is 13.2 Å². The number of anilines is 1. The number of aryl methyl sites for hydroxylation is 1. The highest BCUT2D eigenvalue weighted by Crippen LogP contribution is 2.34. The molecule has 0 saturated carbocycles. The van der Waals surface area contributed by atoms with Gasteiger partial charge in [-0.05, 0) is 38.8 Å². The van der Waals surface area contributed by atoms with Gasteiger partial charge >= 0.3 is 6.18 Å². The maximum absolute atomic E-state index is 12.8. The van der Waals surface area contributed by atoms with Gasteiger partial charge < -0.3 is 15.2 Å². The number of carbonyl (C=O) groups is 3. The van der Waals surface area contributed by atoms with Crippen molar-refractivity contribution in [3.63, 3.8) is 0 Å². The number of hydrogen-bond donors (Lipinski definition) is 2. The average molecular weight is 443 g/mol. The Morgan fingerprint density at radius 3 is 2.63 bits per heavy atom. The lowest BCUT2D eigenvalue weighted by Gasteiger charge is -2.16. The summed E-state index contributed by atoms with van der Waals surface area (Å²) in [6.07, 6.45) is -2.15. The number of fused-ring (bicyclic) bond motifs is 1. The van der Waals surface area contributed by atoms with Crippen LogP contribution in [0.15, 0.2) is 18.3 Å². The van der Waals surface area contributed by atoms with Crippen LogP contribution in [0.1, 0.15) is 45.6 Å². The molecule has 0 fully saturated rings. The minimum atomic E-state index is -4.70. The van der Waals surface area contributed by atoms with Crippen LogP contribution in [0.25, 0.3) is 0 Å². The molecule has 3 rings (SSSR count). The van der Waals surface area contributed by atoms with Crippen LogP contribution in [0, 0.1) is 6.92 Å². The van der Waals surface area contributed by atoms with Crippen molar-refractivity contribution in [1.82, 2.24) is 14.9 Å². The summed E-state index contributed by atoms with van der Waals surface area (Å²) in [5, 5.41) is 4.04. The Kier molecular flexibility index (Phi) is 5.89. The third-order valence-electron chi connectivity index (χ3n) is 4.75. The van der Waals surface area contributed by atoms with E-state index in [1.165, 1.54) is 10.8 Å². The molecule has 2 aromatic heterocycles. The van der Waals surface area contributed by atoms with Gasteiger partial charge in [0.15, 0.2) is 0 Å². The minimum absolute atomic E-state index is 0.0312. The van der Waals surface area contributed by atoms with E-state index >= 15 is 0 Å². The number of pyridine rings is 1. The summed E-state index contributed by atoms with van der Waals surface area (Å²) in [5.41, 5.74) is 1.34. The van der Waals surface area contributed by atoms with Crippen LogP contribution < -0.4 is 10.6 Å². The average Bonchev–Trinajstić information content (AvgIpc) is 3.19. The molecule has 11 heteroatoms. The molecule has 30 heavy (non-hydrogen) atoms. The first-order valence-electron chi connectivity index (χ1n) is 9.07. The summed E-state index contributed by atoms with van der Waals surface area (Å²) >= 11 is 6.29. The number of ketones is 1. The molecule has 7 nitrogen and oxygen atoms in total. The predicted octanol–water partition coefficient (Wildman–Crippen LogP) is 3.29. The van der Waals surface area contributed by atoms with Crippen molar-refractivity contribution in [2.45, 2.75) is 45.5 Å². The summed E-state index contributed by atoms with van der Waals surface area (Å²) in [7, 11) is 0. The van der Waals surface area contributed by atoms with Crippen LogP contribution in [-0.4, -0.2) is 39.4 Å². The topological polar surface area (TPSA) is 93.1 Å². The van der Waals surface area contributed by atoms with Crippen molar-refractivity contribution in [2.75, 3.05) is 5.32 Å². The molecule has 2 N–H and O–H groups in total. The molecular formula is C19H18ClF3N4O3. The maximum atomic E-state index is 12.8. The number of halogens is 4. The van der Waals surface area contributed by atoms with E-state index in [-0.39, 0.29) is 16.3 Å². The lowest BCUT2D eigenvalue weighted by molar-refractivity contribution is -0.156. The second kappa shape index (κ2) is 8.10. The molecule has 2 aromatic rings. The van der Waals surface area contributed by atoms with Crippen LogP contribution in [-0.2, 0) is 17.8 Å². The summed E-state index contributed by atoms with van der Waals surface area (Å²) < 4.78 is 39.5. The van der Waals surface area contributed by atoms with E-state index < -0.39 is 29.8 Å². The smallest absolute Gasteiger partial charge is 0.340 e. The van der Waals surface area contributed by atoms with Crippen molar-refractivity contribution < 1.29 is 27.6 Å². The Balaban J connectivity index is 1.91. The minimum Gasteiger partial charge on any atom is -0.340 e. The fraction of sp³-hybridized carbons (Fsp3) is 0.368. The van der Waals surface area contributed by atoms with E-state index in [4.69, 9.17) is 11.6 Å². The summed E-state index contributed by atoms with van der Waals surface area (Å²) in [5.74, 6) is -3.25. The van der Waals surface area contributed by atoms with E-state index in [2.05, 4.69) is 10.3 Å². The number of rotatable bonds is 5. The van der Waals surface area contributed by atoms with Crippen LogP contribution in [0.3, 0.4) is 0 Å². The van der Waals surface area contributed by atoms with Crippen molar-refractivity contribution in [3.8, 4) is 0 Å². The second-order valence-electron chi connectivity index (χ2n) is 6.95. The first kappa shape index (κ1) is 21.8. The number of nitrogens with one attached hydrogen (secondary N) is 2. The third kappa shape index (κ3) is 4.18.